The molecule has 0 saturated carbocycles. The fourth-order valence-electron chi connectivity index (χ4n) is 2.55. The van der Waals surface area contributed by atoms with Crippen molar-refractivity contribution in [2.45, 2.75) is 19.0 Å². The maximum atomic E-state index is 12.7. The van der Waals surface area contributed by atoms with Crippen molar-refractivity contribution < 1.29 is 23.1 Å². The topological polar surface area (TPSA) is 81.6 Å². The van der Waals surface area contributed by atoms with Gasteiger partial charge in [0.05, 0.1) is 0 Å². The molecular weight excluding hydrogens is 327 g/mol. The first-order chi connectivity index (χ1) is 11.4. The zero-order valence-corrected chi connectivity index (χ0v) is 13.1. The number of carbonyl (C=O) groups is 1. The molecule has 24 heavy (non-hydrogen) atoms. The maximum absolute atomic E-state index is 12.7. The van der Waals surface area contributed by atoms with Crippen LogP contribution in [0, 0.1) is 0 Å². The van der Waals surface area contributed by atoms with Crippen molar-refractivity contribution in [3.63, 3.8) is 0 Å². The highest BCUT2D eigenvalue weighted by molar-refractivity contribution is 5.64. The number of amides is 1. The van der Waals surface area contributed by atoms with Gasteiger partial charge in [-0.2, -0.15) is 13.2 Å². The zero-order chi connectivity index (χ0) is 17.6. The number of aromatic nitrogens is 2. The smallest absolute Gasteiger partial charge is 0.433 e. The Morgan fingerprint density at radius 3 is 2.79 bits per heavy atom. The van der Waals surface area contributed by atoms with E-state index in [0.717, 1.165) is 31.8 Å². The Balaban J connectivity index is 1.88. The molecule has 0 aliphatic carbocycles. The lowest BCUT2D eigenvalue weighted by molar-refractivity contribution is -0.141. The molecule has 0 atom stereocenters. The molecular formula is C14H20F3N5O2. The van der Waals surface area contributed by atoms with Crippen LogP contribution in [0.5, 0.6) is 0 Å². The predicted octanol–water partition coefficient (Wildman–Crippen LogP) is 1.67. The fourth-order valence-corrected chi connectivity index (χ4v) is 2.55. The van der Waals surface area contributed by atoms with Gasteiger partial charge in [0.2, 0.25) is 5.95 Å². The van der Waals surface area contributed by atoms with Gasteiger partial charge in [-0.15, -0.1) is 0 Å². The quantitative estimate of drug-likeness (QED) is 0.789. The number of carboxylic acid groups (broad SMARTS) is 1. The third-order valence-electron chi connectivity index (χ3n) is 3.73. The van der Waals surface area contributed by atoms with Crippen LogP contribution < -0.4 is 10.2 Å². The van der Waals surface area contributed by atoms with Crippen molar-refractivity contribution in [3.05, 3.63) is 18.0 Å². The number of hydrogen-bond donors (Lipinski definition) is 2. The highest BCUT2D eigenvalue weighted by Crippen LogP contribution is 2.28. The van der Waals surface area contributed by atoms with Crippen LogP contribution in [0.4, 0.5) is 23.9 Å². The molecule has 2 N–H and O–H groups in total. The molecule has 2 rings (SSSR count). The molecule has 2 heterocycles. The summed E-state index contributed by atoms with van der Waals surface area (Å²) in [7, 11) is 0. The number of hydrogen-bond acceptors (Lipinski definition) is 5. The Labute approximate surface area is 137 Å². The second kappa shape index (κ2) is 8.13. The Bertz CT molecular complexity index is 555. The van der Waals surface area contributed by atoms with E-state index in [9.17, 15) is 18.0 Å². The summed E-state index contributed by atoms with van der Waals surface area (Å²) < 4.78 is 38.2. The Morgan fingerprint density at radius 2 is 2.08 bits per heavy atom. The van der Waals surface area contributed by atoms with Gasteiger partial charge < -0.3 is 20.2 Å². The second-order valence-corrected chi connectivity index (χ2v) is 5.51. The third-order valence-corrected chi connectivity index (χ3v) is 3.73. The van der Waals surface area contributed by atoms with Crippen molar-refractivity contribution in [2.75, 3.05) is 44.2 Å². The van der Waals surface area contributed by atoms with E-state index >= 15 is 0 Å². The van der Waals surface area contributed by atoms with Crippen molar-refractivity contribution in [2.24, 2.45) is 0 Å². The molecule has 1 aliphatic heterocycles. The molecule has 0 bridgehead atoms. The standard InChI is InChI=1S/C14H20F3N5O2/c15-14(16,17)11-3-5-18-12(20-11)22-8-2-7-21(9-10-22)6-1-4-19-13(23)24/h3,5,19H,1-2,4,6-10H2,(H,23,24). The molecule has 1 aliphatic rings. The van der Waals surface area contributed by atoms with E-state index in [-0.39, 0.29) is 5.95 Å². The van der Waals surface area contributed by atoms with Gasteiger partial charge in [-0.25, -0.2) is 14.8 Å². The van der Waals surface area contributed by atoms with Crippen LogP contribution in [0.2, 0.25) is 0 Å². The minimum atomic E-state index is -4.48. The van der Waals surface area contributed by atoms with Gasteiger partial charge in [-0.1, -0.05) is 0 Å². The number of alkyl halides is 3. The highest BCUT2D eigenvalue weighted by Gasteiger charge is 2.33. The van der Waals surface area contributed by atoms with Gasteiger partial charge in [0, 0.05) is 32.4 Å². The molecule has 0 unspecified atom stereocenters. The largest absolute Gasteiger partial charge is 0.465 e. The van der Waals surface area contributed by atoms with Crippen LogP contribution in [0.3, 0.4) is 0 Å². The van der Waals surface area contributed by atoms with E-state index in [1.54, 1.807) is 4.90 Å². The Morgan fingerprint density at radius 1 is 1.29 bits per heavy atom. The first-order valence-electron chi connectivity index (χ1n) is 7.70. The third kappa shape index (κ3) is 5.52. The fraction of sp³-hybridized carbons (Fsp3) is 0.643. The summed E-state index contributed by atoms with van der Waals surface area (Å²) in [4.78, 5) is 21.9. The lowest BCUT2D eigenvalue weighted by atomic mass is 10.3. The maximum Gasteiger partial charge on any atom is 0.433 e. The number of rotatable bonds is 5. The van der Waals surface area contributed by atoms with Crippen LogP contribution in [-0.2, 0) is 6.18 Å². The van der Waals surface area contributed by atoms with E-state index in [2.05, 4.69) is 20.2 Å². The average molecular weight is 347 g/mol. The summed E-state index contributed by atoms with van der Waals surface area (Å²) in [5.74, 6) is 0.0965. The molecule has 1 fully saturated rings. The highest BCUT2D eigenvalue weighted by atomic mass is 19.4. The molecule has 1 amide bonds. The second-order valence-electron chi connectivity index (χ2n) is 5.51. The lowest BCUT2D eigenvalue weighted by Crippen LogP contribution is -2.33. The van der Waals surface area contributed by atoms with Crippen molar-refractivity contribution in [1.82, 2.24) is 20.2 Å². The molecule has 0 spiro atoms. The monoisotopic (exact) mass is 347 g/mol. The van der Waals surface area contributed by atoms with Crippen molar-refractivity contribution >= 4 is 12.0 Å². The summed E-state index contributed by atoms with van der Waals surface area (Å²) in [6, 6.07) is 0.864. The molecule has 0 aromatic carbocycles. The van der Waals surface area contributed by atoms with Crippen molar-refractivity contribution in [1.29, 1.82) is 0 Å². The van der Waals surface area contributed by atoms with Gasteiger partial charge in [0.1, 0.15) is 5.69 Å². The molecule has 7 nitrogen and oxygen atoms in total. The van der Waals surface area contributed by atoms with Crippen LogP contribution in [-0.4, -0.2) is 65.3 Å². The zero-order valence-electron chi connectivity index (χ0n) is 13.1. The van der Waals surface area contributed by atoms with Crippen LogP contribution >= 0.6 is 0 Å². The predicted molar refractivity (Wildman–Crippen MR) is 80.9 cm³/mol. The number of nitrogens with one attached hydrogen (secondary N) is 1. The van der Waals surface area contributed by atoms with E-state index in [1.165, 1.54) is 0 Å². The van der Waals surface area contributed by atoms with E-state index in [1.807, 2.05) is 0 Å². The molecule has 10 heteroatoms. The summed E-state index contributed by atoms with van der Waals surface area (Å²) >= 11 is 0. The normalized spacial score (nSPS) is 16.7. The Kier molecular flexibility index (Phi) is 6.18. The Hall–Kier alpha value is -2.10. The van der Waals surface area contributed by atoms with Crippen LogP contribution in [0.1, 0.15) is 18.5 Å². The molecule has 1 aromatic rings. The summed E-state index contributed by atoms with van der Waals surface area (Å²) in [5, 5.41) is 10.8. The van der Waals surface area contributed by atoms with Gasteiger partial charge >= 0.3 is 12.3 Å². The van der Waals surface area contributed by atoms with E-state index in [4.69, 9.17) is 5.11 Å². The SMILES string of the molecule is O=C(O)NCCCN1CCCN(c2nccc(C(F)(F)F)n2)CC1. The van der Waals surface area contributed by atoms with Crippen LogP contribution in [0.15, 0.2) is 12.3 Å². The van der Waals surface area contributed by atoms with Crippen LogP contribution in [0.25, 0.3) is 0 Å². The minimum Gasteiger partial charge on any atom is -0.465 e. The summed E-state index contributed by atoms with van der Waals surface area (Å²) in [6.07, 6.45) is -2.92. The van der Waals surface area contributed by atoms with Gasteiger partial charge in [-0.05, 0) is 32.0 Å². The average Bonchev–Trinajstić information content (AvgIpc) is 2.76. The molecule has 1 saturated heterocycles. The first kappa shape index (κ1) is 18.2. The lowest BCUT2D eigenvalue weighted by Gasteiger charge is -2.22. The van der Waals surface area contributed by atoms with E-state index in [0.29, 0.717) is 32.6 Å². The summed E-state index contributed by atoms with van der Waals surface area (Å²) in [5.41, 5.74) is -0.937. The molecule has 1 aromatic heterocycles. The number of anilines is 1. The first-order valence-corrected chi connectivity index (χ1v) is 7.70. The van der Waals surface area contributed by atoms with E-state index < -0.39 is 18.0 Å². The van der Waals surface area contributed by atoms with Crippen molar-refractivity contribution in [3.8, 4) is 0 Å². The number of halogens is 3. The summed E-state index contributed by atoms with van der Waals surface area (Å²) in [6.45, 7) is 3.72. The molecule has 0 radical (unpaired) electrons. The number of nitrogens with zero attached hydrogens (tertiary/aromatic N) is 4. The van der Waals surface area contributed by atoms with Gasteiger partial charge in [0.25, 0.3) is 0 Å². The minimum absolute atomic E-state index is 0.0965. The van der Waals surface area contributed by atoms with Gasteiger partial charge in [0.15, 0.2) is 0 Å². The van der Waals surface area contributed by atoms with Gasteiger partial charge in [-0.3, -0.25) is 0 Å². The molecule has 134 valence electrons.